The molecule has 1 N–H and O–H groups in total. The normalized spacial score (nSPS) is 21.8. The Hall–Kier alpha value is -1.55. The molecule has 1 aromatic carbocycles. The van der Waals surface area contributed by atoms with Crippen LogP contribution in [0.5, 0.6) is 5.75 Å². The van der Waals surface area contributed by atoms with Crippen LogP contribution >= 0.6 is 0 Å². The van der Waals surface area contributed by atoms with Crippen molar-refractivity contribution in [2.24, 2.45) is 0 Å². The Kier molecular flexibility index (Phi) is 4.65. The minimum absolute atomic E-state index is 0.141. The summed E-state index contributed by atoms with van der Waals surface area (Å²) >= 11 is 0. The van der Waals surface area contributed by atoms with E-state index in [1.807, 2.05) is 13.0 Å². The van der Waals surface area contributed by atoms with E-state index in [1.165, 1.54) is 11.1 Å². The minimum Gasteiger partial charge on any atom is -0.496 e. The van der Waals surface area contributed by atoms with Crippen LogP contribution in [-0.4, -0.2) is 25.7 Å². The molecule has 2 rings (SSSR count). The predicted molar refractivity (Wildman–Crippen MR) is 78.0 cm³/mol. The average molecular weight is 277 g/mol. The van der Waals surface area contributed by atoms with E-state index in [9.17, 15) is 4.79 Å². The zero-order valence-electron chi connectivity index (χ0n) is 12.7. The zero-order valence-corrected chi connectivity index (χ0v) is 12.7. The van der Waals surface area contributed by atoms with Crippen molar-refractivity contribution in [1.82, 2.24) is 5.32 Å². The van der Waals surface area contributed by atoms with Gasteiger partial charge in [0.05, 0.1) is 13.7 Å². The van der Waals surface area contributed by atoms with Crippen molar-refractivity contribution in [3.63, 3.8) is 0 Å². The molecule has 0 amide bonds. The van der Waals surface area contributed by atoms with E-state index in [2.05, 4.69) is 25.2 Å². The highest BCUT2D eigenvalue weighted by Crippen LogP contribution is 2.33. The van der Waals surface area contributed by atoms with Gasteiger partial charge in [-0.05, 0) is 56.4 Å². The van der Waals surface area contributed by atoms with E-state index in [0.717, 1.165) is 24.2 Å². The van der Waals surface area contributed by atoms with Gasteiger partial charge in [0.2, 0.25) is 0 Å². The number of rotatable bonds is 4. The van der Waals surface area contributed by atoms with Crippen LogP contribution in [0.25, 0.3) is 0 Å². The summed E-state index contributed by atoms with van der Waals surface area (Å²) in [4.78, 5) is 11.8. The number of carbonyl (C=O) groups is 1. The molecule has 2 atom stereocenters. The number of hydrogen-bond donors (Lipinski definition) is 1. The van der Waals surface area contributed by atoms with Crippen molar-refractivity contribution in [1.29, 1.82) is 0 Å². The SMILES string of the molecule is CCOC(=O)[C@@H]1CC[C@H](c2ccc(OC)c(C)c2C)N1. The maximum atomic E-state index is 11.8. The van der Waals surface area contributed by atoms with E-state index in [-0.39, 0.29) is 18.1 Å². The molecule has 1 aliphatic heterocycles. The minimum atomic E-state index is -0.179. The van der Waals surface area contributed by atoms with Crippen LogP contribution in [0.3, 0.4) is 0 Å². The number of hydrogen-bond acceptors (Lipinski definition) is 4. The molecule has 0 aliphatic carbocycles. The van der Waals surface area contributed by atoms with Gasteiger partial charge in [0.1, 0.15) is 11.8 Å². The Morgan fingerprint density at radius 2 is 2.05 bits per heavy atom. The summed E-state index contributed by atoms with van der Waals surface area (Å²) in [6.45, 7) is 6.44. The van der Waals surface area contributed by atoms with E-state index in [4.69, 9.17) is 9.47 Å². The first-order chi connectivity index (χ1) is 9.58. The molecule has 0 spiro atoms. The van der Waals surface area contributed by atoms with Crippen molar-refractivity contribution in [3.05, 3.63) is 28.8 Å². The van der Waals surface area contributed by atoms with E-state index in [0.29, 0.717) is 6.61 Å². The van der Waals surface area contributed by atoms with E-state index < -0.39 is 0 Å². The van der Waals surface area contributed by atoms with E-state index >= 15 is 0 Å². The molecule has 1 saturated heterocycles. The lowest BCUT2D eigenvalue weighted by atomic mass is 9.96. The highest BCUT2D eigenvalue weighted by molar-refractivity contribution is 5.76. The van der Waals surface area contributed by atoms with Crippen molar-refractivity contribution < 1.29 is 14.3 Å². The zero-order chi connectivity index (χ0) is 14.7. The van der Waals surface area contributed by atoms with Gasteiger partial charge in [0.25, 0.3) is 0 Å². The third-order valence-electron chi connectivity index (χ3n) is 4.09. The fourth-order valence-corrected chi connectivity index (χ4v) is 2.83. The molecule has 4 nitrogen and oxygen atoms in total. The Morgan fingerprint density at radius 3 is 2.70 bits per heavy atom. The molecule has 1 aromatic rings. The van der Waals surface area contributed by atoms with Gasteiger partial charge in [-0.25, -0.2) is 0 Å². The Balaban J connectivity index is 2.14. The van der Waals surface area contributed by atoms with Crippen molar-refractivity contribution in [2.75, 3.05) is 13.7 Å². The number of esters is 1. The van der Waals surface area contributed by atoms with Gasteiger partial charge in [-0.2, -0.15) is 0 Å². The quantitative estimate of drug-likeness (QED) is 0.860. The molecule has 1 fully saturated rings. The Bertz CT molecular complexity index is 499. The van der Waals surface area contributed by atoms with Gasteiger partial charge in [-0.3, -0.25) is 10.1 Å². The summed E-state index contributed by atoms with van der Waals surface area (Å²) in [5.41, 5.74) is 3.63. The number of methoxy groups -OCH3 is 1. The number of carbonyl (C=O) groups excluding carboxylic acids is 1. The van der Waals surface area contributed by atoms with Crippen LogP contribution in [0.1, 0.15) is 42.5 Å². The first-order valence-electron chi connectivity index (χ1n) is 7.15. The second-order valence-electron chi connectivity index (χ2n) is 5.21. The third-order valence-corrected chi connectivity index (χ3v) is 4.09. The number of ether oxygens (including phenoxy) is 2. The van der Waals surface area contributed by atoms with Crippen LogP contribution in [0.2, 0.25) is 0 Å². The summed E-state index contributed by atoms with van der Waals surface area (Å²) in [6, 6.07) is 4.12. The van der Waals surface area contributed by atoms with Gasteiger partial charge >= 0.3 is 5.97 Å². The molecule has 4 heteroatoms. The van der Waals surface area contributed by atoms with Crippen molar-refractivity contribution in [3.8, 4) is 5.75 Å². The summed E-state index contributed by atoms with van der Waals surface area (Å²) in [7, 11) is 1.69. The van der Waals surface area contributed by atoms with Crippen LogP contribution in [0.4, 0.5) is 0 Å². The maximum absolute atomic E-state index is 11.8. The van der Waals surface area contributed by atoms with Gasteiger partial charge in [0.15, 0.2) is 0 Å². The predicted octanol–water partition coefficient (Wildman–Crippen LogP) is 2.67. The molecule has 0 bridgehead atoms. The van der Waals surface area contributed by atoms with Crippen LogP contribution in [0, 0.1) is 13.8 Å². The molecule has 0 aromatic heterocycles. The molecular weight excluding hydrogens is 254 g/mol. The summed E-state index contributed by atoms with van der Waals surface area (Å²) < 4.78 is 10.4. The topological polar surface area (TPSA) is 47.6 Å². The number of nitrogens with one attached hydrogen (secondary N) is 1. The fourth-order valence-electron chi connectivity index (χ4n) is 2.83. The molecule has 1 heterocycles. The second kappa shape index (κ2) is 6.27. The fraction of sp³-hybridized carbons (Fsp3) is 0.562. The van der Waals surface area contributed by atoms with Crippen LogP contribution in [-0.2, 0) is 9.53 Å². The molecule has 110 valence electrons. The molecule has 0 radical (unpaired) electrons. The molecule has 0 saturated carbocycles. The third kappa shape index (κ3) is 2.80. The van der Waals surface area contributed by atoms with Gasteiger partial charge in [0, 0.05) is 6.04 Å². The van der Waals surface area contributed by atoms with Gasteiger partial charge in [-0.15, -0.1) is 0 Å². The molecular formula is C16H23NO3. The average Bonchev–Trinajstić information content (AvgIpc) is 2.91. The van der Waals surface area contributed by atoms with Gasteiger partial charge < -0.3 is 9.47 Å². The Labute approximate surface area is 120 Å². The monoisotopic (exact) mass is 277 g/mol. The van der Waals surface area contributed by atoms with Crippen molar-refractivity contribution >= 4 is 5.97 Å². The lowest BCUT2D eigenvalue weighted by Gasteiger charge is -2.18. The lowest BCUT2D eigenvalue weighted by Crippen LogP contribution is -2.33. The highest BCUT2D eigenvalue weighted by Gasteiger charge is 2.31. The first-order valence-corrected chi connectivity index (χ1v) is 7.15. The number of benzene rings is 1. The van der Waals surface area contributed by atoms with Gasteiger partial charge in [-0.1, -0.05) is 6.07 Å². The summed E-state index contributed by atoms with van der Waals surface area (Å²) in [5.74, 6) is 0.768. The van der Waals surface area contributed by atoms with Crippen LogP contribution in [0.15, 0.2) is 12.1 Å². The summed E-state index contributed by atoms with van der Waals surface area (Å²) in [6.07, 6.45) is 1.78. The lowest BCUT2D eigenvalue weighted by molar-refractivity contribution is -0.145. The standard InChI is InChI=1S/C16H23NO3/c1-5-20-16(18)14-8-7-13(17-14)12-6-9-15(19-4)11(3)10(12)2/h6,9,13-14,17H,5,7-8H2,1-4H3/t13-,14+/m1/s1. The van der Waals surface area contributed by atoms with Crippen LogP contribution < -0.4 is 10.1 Å². The summed E-state index contributed by atoms with van der Waals surface area (Å²) in [5, 5.41) is 3.38. The Morgan fingerprint density at radius 1 is 1.30 bits per heavy atom. The molecule has 1 aliphatic rings. The largest absolute Gasteiger partial charge is 0.496 e. The second-order valence-corrected chi connectivity index (χ2v) is 5.21. The van der Waals surface area contributed by atoms with E-state index in [1.54, 1.807) is 7.11 Å². The highest BCUT2D eigenvalue weighted by atomic mass is 16.5. The van der Waals surface area contributed by atoms with Crippen molar-refractivity contribution in [2.45, 2.75) is 45.7 Å². The smallest absolute Gasteiger partial charge is 0.323 e. The first kappa shape index (κ1) is 14.9. The molecule has 20 heavy (non-hydrogen) atoms. The molecule has 0 unspecified atom stereocenters. The maximum Gasteiger partial charge on any atom is 0.323 e.